The van der Waals surface area contributed by atoms with Gasteiger partial charge in [-0.15, -0.1) is 4.91 Å². The quantitative estimate of drug-likeness (QED) is 0.562. The summed E-state index contributed by atoms with van der Waals surface area (Å²) in [6.45, 7) is 7.42. The maximum Gasteiger partial charge on any atom is 0.311 e. The van der Waals surface area contributed by atoms with Gasteiger partial charge in [0.05, 0.1) is 42.4 Å². The van der Waals surface area contributed by atoms with E-state index in [9.17, 15) is 14.5 Å². The van der Waals surface area contributed by atoms with Crippen molar-refractivity contribution in [3.05, 3.63) is 4.91 Å². The highest BCUT2D eigenvalue weighted by Crippen LogP contribution is 2.34. The van der Waals surface area contributed by atoms with Gasteiger partial charge in [0.2, 0.25) is 0 Å². The number of carbonyl (C=O) groups is 2. The lowest BCUT2D eigenvalue weighted by Gasteiger charge is -2.42. The van der Waals surface area contributed by atoms with Crippen LogP contribution in [0.25, 0.3) is 0 Å². The van der Waals surface area contributed by atoms with E-state index in [4.69, 9.17) is 9.47 Å². The van der Waals surface area contributed by atoms with Gasteiger partial charge in [0, 0.05) is 0 Å². The highest BCUT2D eigenvalue weighted by Gasteiger charge is 2.46. The first-order valence-electron chi connectivity index (χ1n) is 6.92. The van der Waals surface area contributed by atoms with Crippen LogP contribution in [0, 0.1) is 16.7 Å². The minimum Gasteiger partial charge on any atom is -0.466 e. The first-order chi connectivity index (χ1) is 9.47. The van der Waals surface area contributed by atoms with Crippen LogP contribution in [0.2, 0.25) is 0 Å². The Balaban J connectivity index is 2.95. The van der Waals surface area contributed by atoms with Crippen molar-refractivity contribution in [2.45, 2.75) is 46.2 Å². The Morgan fingerprint density at radius 3 is 1.75 bits per heavy atom. The maximum atomic E-state index is 12.0. The summed E-state index contributed by atoms with van der Waals surface area (Å²) in [6.07, 6.45) is 0.312. The molecule has 0 aromatic rings. The standard InChI is InChI=1S/C13H22N2O5/c1-5-19-12(16)10-7-11(13(17)20-6-2)9(4)15(14-18)8(10)3/h8-11H,5-7H2,1-4H3. The Kier molecular flexibility index (Phi) is 5.91. The molecule has 7 nitrogen and oxygen atoms in total. The molecule has 1 aliphatic heterocycles. The third-order valence-electron chi connectivity index (χ3n) is 3.78. The predicted octanol–water partition coefficient (Wildman–Crippen LogP) is 1.51. The Morgan fingerprint density at radius 2 is 1.45 bits per heavy atom. The molecule has 1 fully saturated rings. The summed E-state index contributed by atoms with van der Waals surface area (Å²) >= 11 is 0. The predicted molar refractivity (Wildman–Crippen MR) is 71.4 cm³/mol. The van der Waals surface area contributed by atoms with Crippen molar-refractivity contribution in [2.75, 3.05) is 13.2 Å². The fraction of sp³-hybridized carbons (Fsp3) is 0.846. The molecule has 0 aliphatic carbocycles. The van der Waals surface area contributed by atoms with Gasteiger partial charge in [0.25, 0.3) is 0 Å². The maximum absolute atomic E-state index is 12.0. The van der Waals surface area contributed by atoms with Crippen LogP contribution in [0.4, 0.5) is 0 Å². The van der Waals surface area contributed by atoms with Crippen LogP contribution >= 0.6 is 0 Å². The van der Waals surface area contributed by atoms with Gasteiger partial charge >= 0.3 is 11.9 Å². The Bertz CT molecular complexity index is 344. The zero-order valence-corrected chi connectivity index (χ0v) is 12.4. The third kappa shape index (κ3) is 3.26. The molecule has 0 N–H and O–H groups in total. The monoisotopic (exact) mass is 286 g/mol. The van der Waals surface area contributed by atoms with Crippen molar-refractivity contribution < 1.29 is 19.1 Å². The lowest BCUT2D eigenvalue weighted by molar-refractivity contribution is -0.162. The molecule has 1 heterocycles. The molecule has 4 atom stereocenters. The van der Waals surface area contributed by atoms with Crippen molar-refractivity contribution >= 4 is 11.9 Å². The molecule has 0 aromatic heterocycles. The highest BCUT2D eigenvalue weighted by atomic mass is 16.5. The molecule has 4 unspecified atom stereocenters. The molecule has 1 saturated heterocycles. The van der Waals surface area contributed by atoms with E-state index in [0.29, 0.717) is 6.42 Å². The average molecular weight is 286 g/mol. The van der Waals surface area contributed by atoms with Crippen LogP contribution in [0.1, 0.15) is 34.1 Å². The number of nitroso groups, excluding NO2 is 1. The molecule has 0 bridgehead atoms. The van der Waals surface area contributed by atoms with Crippen LogP contribution < -0.4 is 0 Å². The summed E-state index contributed by atoms with van der Waals surface area (Å²) in [4.78, 5) is 34.9. The molecule has 114 valence electrons. The Labute approximate surface area is 118 Å². The minimum atomic E-state index is -0.557. The molecule has 0 aromatic carbocycles. The van der Waals surface area contributed by atoms with Gasteiger partial charge in [0.1, 0.15) is 0 Å². The van der Waals surface area contributed by atoms with Gasteiger partial charge < -0.3 is 9.47 Å². The summed E-state index contributed by atoms with van der Waals surface area (Å²) in [5.41, 5.74) is 0. The Hall–Kier alpha value is -1.66. The lowest BCUT2D eigenvalue weighted by atomic mass is 9.80. The van der Waals surface area contributed by atoms with Crippen molar-refractivity contribution in [3.63, 3.8) is 0 Å². The SMILES string of the molecule is CCOC(=O)C1CC(C(=O)OCC)C(C)N(N=O)C1C. The topological polar surface area (TPSA) is 85.3 Å². The van der Waals surface area contributed by atoms with Gasteiger partial charge in [-0.05, 0) is 34.1 Å². The Morgan fingerprint density at radius 1 is 1.05 bits per heavy atom. The number of hydrogen-bond acceptors (Lipinski definition) is 6. The first kappa shape index (κ1) is 16.4. The van der Waals surface area contributed by atoms with E-state index in [1.54, 1.807) is 27.7 Å². The summed E-state index contributed by atoms with van der Waals surface area (Å²) in [6, 6.07) is -0.792. The van der Waals surface area contributed by atoms with Crippen molar-refractivity contribution in [3.8, 4) is 0 Å². The minimum absolute atomic E-state index is 0.260. The molecule has 1 rings (SSSR count). The van der Waals surface area contributed by atoms with Gasteiger partial charge in [-0.3, -0.25) is 14.6 Å². The fourth-order valence-corrected chi connectivity index (χ4v) is 2.64. The van der Waals surface area contributed by atoms with E-state index >= 15 is 0 Å². The summed E-state index contributed by atoms with van der Waals surface area (Å²) < 4.78 is 10.0. The van der Waals surface area contributed by atoms with Crippen molar-refractivity contribution in [2.24, 2.45) is 17.1 Å². The van der Waals surface area contributed by atoms with Crippen molar-refractivity contribution in [1.82, 2.24) is 5.01 Å². The number of piperidine rings is 1. The van der Waals surface area contributed by atoms with Gasteiger partial charge in [-0.2, -0.15) is 0 Å². The van der Waals surface area contributed by atoms with Crippen LogP contribution in [0.3, 0.4) is 0 Å². The fourth-order valence-electron chi connectivity index (χ4n) is 2.64. The molecule has 7 heteroatoms. The molecule has 0 saturated carbocycles. The van der Waals surface area contributed by atoms with Crippen LogP contribution in [0.15, 0.2) is 5.29 Å². The first-order valence-corrected chi connectivity index (χ1v) is 6.92. The molecular weight excluding hydrogens is 264 g/mol. The van der Waals surface area contributed by atoms with E-state index in [1.165, 1.54) is 5.01 Å². The number of carbonyl (C=O) groups excluding carboxylic acids is 2. The molecule has 20 heavy (non-hydrogen) atoms. The highest BCUT2D eigenvalue weighted by molar-refractivity contribution is 5.77. The van der Waals surface area contributed by atoms with Gasteiger partial charge in [-0.1, -0.05) is 0 Å². The summed E-state index contributed by atoms with van der Waals surface area (Å²) in [5, 5.41) is 4.22. The molecule has 0 spiro atoms. The molecular formula is C13H22N2O5. The molecule has 1 aliphatic rings. The largest absolute Gasteiger partial charge is 0.466 e. The molecule has 0 amide bonds. The second-order valence-corrected chi connectivity index (χ2v) is 4.90. The van der Waals surface area contributed by atoms with E-state index in [0.717, 1.165) is 0 Å². The lowest BCUT2D eigenvalue weighted by Crippen LogP contribution is -2.54. The van der Waals surface area contributed by atoms with Crippen LogP contribution in [0.5, 0.6) is 0 Å². The van der Waals surface area contributed by atoms with Gasteiger partial charge in [-0.25, -0.2) is 0 Å². The number of hydrogen-bond donors (Lipinski definition) is 0. The number of rotatable bonds is 5. The summed E-state index contributed by atoms with van der Waals surface area (Å²) in [7, 11) is 0. The summed E-state index contributed by atoms with van der Waals surface area (Å²) in [5.74, 6) is -1.93. The van der Waals surface area contributed by atoms with E-state index in [2.05, 4.69) is 5.29 Å². The second kappa shape index (κ2) is 7.21. The van der Waals surface area contributed by atoms with E-state index < -0.39 is 35.9 Å². The average Bonchev–Trinajstić information content (AvgIpc) is 2.39. The number of nitrogens with zero attached hydrogens (tertiary/aromatic N) is 2. The zero-order valence-electron chi connectivity index (χ0n) is 12.4. The van der Waals surface area contributed by atoms with E-state index in [1.807, 2.05) is 0 Å². The van der Waals surface area contributed by atoms with Crippen molar-refractivity contribution in [1.29, 1.82) is 0 Å². The van der Waals surface area contributed by atoms with Crippen LogP contribution in [-0.2, 0) is 19.1 Å². The zero-order chi connectivity index (χ0) is 15.3. The second-order valence-electron chi connectivity index (χ2n) is 4.90. The van der Waals surface area contributed by atoms with Crippen LogP contribution in [-0.4, -0.2) is 42.2 Å². The molecule has 0 radical (unpaired) electrons. The third-order valence-corrected chi connectivity index (χ3v) is 3.78. The number of ether oxygens (including phenoxy) is 2. The number of esters is 2. The smallest absolute Gasteiger partial charge is 0.311 e. The normalized spacial score (nSPS) is 29.7. The van der Waals surface area contributed by atoms with E-state index in [-0.39, 0.29) is 13.2 Å². The van der Waals surface area contributed by atoms with Gasteiger partial charge in [0.15, 0.2) is 0 Å².